The molecule has 168 valence electrons. The standard InChI is InChI=1S/C25H16Cl2N4O3/c1-14-28-29-22(13-30-24(33)16-6-2-3-7-17(16)25(30)34)31(14)21-11-10-15(26)12-19(21)23(32)18-8-4-5-9-20(18)27/h2-12H,13H2,1H3. The Balaban J connectivity index is 1.58. The van der Waals surface area contributed by atoms with Gasteiger partial charge in [-0.1, -0.05) is 47.5 Å². The predicted octanol–water partition coefficient (Wildman–Crippen LogP) is 4.91. The fourth-order valence-electron chi connectivity index (χ4n) is 4.02. The maximum absolute atomic E-state index is 13.4. The number of hydrogen-bond donors (Lipinski definition) is 0. The molecular weight excluding hydrogens is 475 g/mol. The zero-order chi connectivity index (χ0) is 24.0. The summed E-state index contributed by atoms with van der Waals surface area (Å²) in [6.45, 7) is 1.60. The fourth-order valence-corrected chi connectivity index (χ4v) is 4.42. The predicted molar refractivity (Wildman–Crippen MR) is 127 cm³/mol. The number of carbonyl (C=O) groups excluding carboxylic acids is 3. The Hall–Kier alpha value is -3.81. The molecule has 4 aromatic rings. The van der Waals surface area contributed by atoms with Crippen molar-refractivity contribution in [1.29, 1.82) is 0 Å². The molecule has 0 fully saturated rings. The Bertz CT molecular complexity index is 1460. The Morgan fingerprint density at radius 1 is 0.853 bits per heavy atom. The van der Waals surface area contributed by atoms with E-state index in [9.17, 15) is 14.4 Å². The molecule has 0 saturated carbocycles. The molecule has 0 spiro atoms. The van der Waals surface area contributed by atoms with Crippen LogP contribution in [0.3, 0.4) is 0 Å². The summed E-state index contributed by atoms with van der Waals surface area (Å²) in [6.07, 6.45) is 0. The molecule has 0 atom stereocenters. The van der Waals surface area contributed by atoms with Crippen LogP contribution in [-0.4, -0.2) is 37.3 Å². The van der Waals surface area contributed by atoms with Crippen molar-refractivity contribution in [2.45, 2.75) is 13.5 Å². The van der Waals surface area contributed by atoms with Gasteiger partial charge in [0.25, 0.3) is 11.8 Å². The molecule has 0 N–H and O–H groups in total. The maximum Gasteiger partial charge on any atom is 0.261 e. The van der Waals surface area contributed by atoms with E-state index < -0.39 is 11.8 Å². The van der Waals surface area contributed by atoms with Crippen molar-refractivity contribution in [3.05, 3.63) is 111 Å². The minimum atomic E-state index is -0.406. The normalized spacial score (nSPS) is 12.9. The summed E-state index contributed by atoms with van der Waals surface area (Å²) < 4.78 is 1.64. The molecule has 2 heterocycles. The lowest BCUT2D eigenvalue weighted by molar-refractivity contribution is 0.0637. The van der Waals surface area contributed by atoms with Gasteiger partial charge in [0, 0.05) is 16.1 Å². The van der Waals surface area contributed by atoms with Crippen molar-refractivity contribution in [2.75, 3.05) is 0 Å². The number of hydrogen-bond acceptors (Lipinski definition) is 5. The number of carbonyl (C=O) groups is 3. The fraction of sp³-hybridized carbons (Fsp3) is 0.0800. The van der Waals surface area contributed by atoms with Crippen molar-refractivity contribution in [2.24, 2.45) is 0 Å². The first-order valence-corrected chi connectivity index (χ1v) is 11.1. The topological polar surface area (TPSA) is 85.2 Å². The average molecular weight is 491 g/mol. The van der Waals surface area contributed by atoms with Gasteiger partial charge in [0.15, 0.2) is 11.6 Å². The van der Waals surface area contributed by atoms with Crippen LogP contribution in [0.4, 0.5) is 0 Å². The van der Waals surface area contributed by atoms with E-state index in [0.29, 0.717) is 44.1 Å². The van der Waals surface area contributed by atoms with Crippen LogP contribution in [0.2, 0.25) is 10.0 Å². The summed E-state index contributed by atoms with van der Waals surface area (Å²) in [7, 11) is 0. The summed E-state index contributed by atoms with van der Waals surface area (Å²) in [5.74, 6) is -0.347. The quantitative estimate of drug-likeness (QED) is 0.293. The van der Waals surface area contributed by atoms with Crippen molar-refractivity contribution < 1.29 is 14.4 Å². The van der Waals surface area contributed by atoms with Crippen molar-refractivity contribution >= 4 is 40.8 Å². The van der Waals surface area contributed by atoms with E-state index in [2.05, 4.69) is 10.2 Å². The second-order valence-electron chi connectivity index (χ2n) is 7.71. The summed E-state index contributed by atoms with van der Waals surface area (Å²) in [6, 6.07) is 18.2. The Labute approximate surface area is 204 Å². The van der Waals surface area contributed by atoms with Gasteiger partial charge in [0.2, 0.25) is 0 Å². The molecule has 0 bridgehead atoms. The van der Waals surface area contributed by atoms with Crippen LogP contribution in [0.1, 0.15) is 48.3 Å². The zero-order valence-electron chi connectivity index (χ0n) is 17.8. The Kier molecular flexibility index (Phi) is 5.51. The van der Waals surface area contributed by atoms with Gasteiger partial charge in [0.05, 0.1) is 28.4 Å². The van der Waals surface area contributed by atoms with E-state index in [-0.39, 0.29) is 17.9 Å². The number of benzene rings is 3. The molecule has 0 radical (unpaired) electrons. The molecule has 0 aliphatic carbocycles. The molecule has 7 nitrogen and oxygen atoms in total. The van der Waals surface area contributed by atoms with Gasteiger partial charge < -0.3 is 0 Å². The second kappa shape index (κ2) is 8.52. The highest BCUT2D eigenvalue weighted by Crippen LogP contribution is 2.29. The number of ketones is 1. The van der Waals surface area contributed by atoms with E-state index >= 15 is 0 Å². The van der Waals surface area contributed by atoms with E-state index in [0.717, 1.165) is 4.90 Å². The van der Waals surface area contributed by atoms with Crippen LogP contribution >= 0.6 is 23.2 Å². The van der Waals surface area contributed by atoms with Crippen LogP contribution in [0.25, 0.3) is 5.69 Å². The molecule has 5 rings (SSSR count). The lowest BCUT2D eigenvalue weighted by Gasteiger charge is -2.17. The SMILES string of the molecule is Cc1nnc(CN2C(=O)c3ccccc3C2=O)n1-c1ccc(Cl)cc1C(=O)c1ccccc1Cl. The van der Waals surface area contributed by atoms with Crippen molar-refractivity contribution in [1.82, 2.24) is 19.7 Å². The van der Waals surface area contributed by atoms with E-state index in [1.54, 1.807) is 78.2 Å². The third-order valence-electron chi connectivity index (χ3n) is 5.63. The van der Waals surface area contributed by atoms with E-state index in [4.69, 9.17) is 23.2 Å². The van der Waals surface area contributed by atoms with Crippen LogP contribution in [0.5, 0.6) is 0 Å². The van der Waals surface area contributed by atoms with Crippen LogP contribution in [0, 0.1) is 6.92 Å². The summed E-state index contributed by atoms with van der Waals surface area (Å²) >= 11 is 12.5. The summed E-state index contributed by atoms with van der Waals surface area (Å²) in [4.78, 5) is 40.3. The van der Waals surface area contributed by atoms with Gasteiger partial charge in [-0.25, -0.2) is 0 Å². The molecule has 0 unspecified atom stereocenters. The number of fused-ring (bicyclic) bond motifs is 1. The van der Waals surface area contributed by atoms with Crippen LogP contribution in [0.15, 0.2) is 66.7 Å². The van der Waals surface area contributed by atoms with Gasteiger partial charge in [0.1, 0.15) is 5.82 Å². The number of imide groups is 1. The Morgan fingerprint density at radius 2 is 1.50 bits per heavy atom. The molecule has 3 aromatic carbocycles. The van der Waals surface area contributed by atoms with E-state index in [1.165, 1.54) is 0 Å². The number of aryl methyl sites for hydroxylation is 1. The van der Waals surface area contributed by atoms with Crippen LogP contribution < -0.4 is 0 Å². The number of halogens is 2. The van der Waals surface area contributed by atoms with Gasteiger partial charge >= 0.3 is 0 Å². The lowest BCUT2D eigenvalue weighted by atomic mass is 10.0. The number of aromatic nitrogens is 3. The third kappa shape index (κ3) is 3.59. The number of amides is 2. The highest BCUT2D eigenvalue weighted by atomic mass is 35.5. The minimum absolute atomic E-state index is 0.116. The maximum atomic E-state index is 13.4. The van der Waals surface area contributed by atoms with Gasteiger partial charge in [-0.3, -0.25) is 23.9 Å². The number of nitrogens with zero attached hydrogens (tertiary/aromatic N) is 4. The van der Waals surface area contributed by atoms with Crippen molar-refractivity contribution in [3.63, 3.8) is 0 Å². The molecule has 1 aliphatic rings. The van der Waals surface area contributed by atoms with E-state index in [1.807, 2.05) is 0 Å². The first-order chi connectivity index (χ1) is 16.4. The van der Waals surface area contributed by atoms with Gasteiger partial charge in [-0.05, 0) is 49.4 Å². The molecule has 9 heteroatoms. The molecular formula is C25H16Cl2N4O3. The first-order valence-electron chi connectivity index (χ1n) is 10.3. The molecule has 34 heavy (non-hydrogen) atoms. The van der Waals surface area contributed by atoms with Gasteiger partial charge in [-0.2, -0.15) is 0 Å². The molecule has 0 saturated heterocycles. The first kappa shape index (κ1) is 22.0. The molecule has 1 aromatic heterocycles. The smallest absolute Gasteiger partial charge is 0.261 e. The highest BCUT2D eigenvalue weighted by molar-refractivity contribution is 6.35. The summed E-state index contributed by atoms with van der Waals surface area (Å²) in [5, 5.41) is 9.02. The molecule has 2 amide bonds. The monoisotopic (exact) mass is 490 g/mol. The zero-order valence-corrected chi connectivity index (χ0v) is 19.3. The average Bonchev–Trinajstić information content (AvgIpc) is 3.31. The van der Waals surface area contributed by atoms with Crippen LogP contribution in [-0.2, 0) is 6.54 Å². The third-order valence-corrected chi connectivity index (χ3v) is 6.20. The minimum Gasteiger partial charge on any atom is -0.288 e. The van der Waals surface area contributed by atoms with Crippen molar-refractivity contribution in [3.8, 4) is 5.69 Å². The molecule has 1 aliphatic heterocycles. The largest absolute Gasteiger partial charge is 0.288 e. The van der Waals surface area contributed by atoms with Gasteiger partial charge in [-0.15, -0.1) is 10.2 Å². The summed E-state index contributed by atoms with van der Waals surface area (Å²) in [5.41, 5.74) is 1.75. The second-order valence-corrected chi connectivity index (χ2v) is 8.55. The highest BCUT2D eigenvalue weighted by Gasteiger charge is 2.36. The Morgan fingerprint density at radius 3 is 2.18 bits per heavy atom. The lowest BCUT2D eigenvalue weighted by Crippen LogP contribution is -2.30. The number of rotatable bonds is 5.